The highest BCUT2D eigenvalue weighted by Gasteiger charge is 2.50. The molecule has 3 atom stereocenters. The minimum Gasteiger partial charge on any atom is -0.426 e. The van der Waals surface area contributed by atoms with E-state index < -0.39 is 11.9 Å². The van der Waals surface area contributed by atoms with Crippen molar-refractivity contribution in [2.45, 2.75) is 19.3 Å². The van der Waals surface area contributed by atoms with Crippen LogP contribution < -0.4 is 9.64 Å². The largest absolute Gasteiger partial charge is 0.426 e. The van der Waals surface area contributed by atoms with Gasteiger partial charge in [0.15, 0.2) is 0 Å². The third kappa shape index (κ3) is 3.94. The Hall–Kier alpha value is -3.99. The number of carbonyl (C=O) groups is 3. The first-order valence-electron chi connectivity index (χ1n) is 11.5. The van der Waals surface area contributed by atoms with Gasteiger partial charge < -0.3 is 4.74 Å². The van der Waals surface area contributed by atoms with Crippen molar-refractivity contribution in [3.63, 3.8) is 0 Å². The summed E-state index contributed by atoms with van der Waals surface area (Å²) in [7, 11) is 0. The van der Waals surface area contributed by atoms with E-state index in [1.807, 2.05) is 79.7 Å². The SMILES string of the molecule is C[C@H]1C=CC[C@@H]2C(=O)N(c3cccc(OC(=O)C(c4ccccc4)c4ccccc4)c3)C(=O)[C@@H]21. The first kappa shape index (κ1) is 21.8. The molecular weight excluding hydrogens is 426 g/mol. The maximum Gasteiger partial charge on any atom is 0.323 e. The molecule has 3 aromatic rings. The highest BCUT2D eigenvalue weighted by Crippen LogP contribution is 2.41. The standard InChI is InChI=1S/C29H25NO4/c1-19-10-8-17-24-25(19)28(32)30(27(24)31)22-15-9-16-23(18-22)34-29(33)26(20-11-4-2-5-12-20)21-13-6-3-7-14-21/h2-16,18-19,24-26H,17H2,1H3/t19-,24-,25+/m0/s1. The lowest BCUT2D eigenvalue weighted by molar-refractivity contribution is -0.135. The van der Waals surface area contributed by atoms with Crippen molar-refractivity contribution >= 4 is 23.5 Å². The van der Waals surface area contributed by atoms with E-state index in [1.54, 1.807) is 24.3 Å². The number of imide groups is 1. The number of hydrogen-bond donors (Lipinski definition) is 0. The van der Waals surface area contributed by atoms with Gasteiger partial charge in [-0.25, -0.2) is 4.90 Å². The third-order valence-corrected chi connectivity index (χ3v) is 6.67. The molecule has 1 saturated heterocycles. The van der Waals surface area contributed by atoms with Crippen LogP contribution in [0.3, 0.4) is 0 Å². The van der Waals surface area contributed by atoms with Gasteiger partial charge in [-0.05, 0) is 35.6 Å². The van der Waals surface area contributed by atoms with Gasteiger partial charge in [0.1, 0.15) is 11.7 Å². The summed E-state index contributed by atoms with van der Waals surface area (Å²) >= 11 is 0. The van der Waals surface area contributed by atoms with E-state index in [2.05, 4.69) is 0 Å². The average molecular weight is 452 g/mol. The topological polar surface area (TPSA) is 63.7 Å². The van der Waals surface area contributed by atoms with Gasteiger partial charge in [0.05, 0.1) is 17.5 Å². The zero-order chi connectivity index (χ0) is 23.7. The third-order valence-electron chi connectivity index (χ3n) is 6.67. The van der Waals surface area contributed by atoms with Crippen LogP contribution >= 0.6 is 0 Å². The fourth-order valence-electron chi connectivity index (χ4n) is 5.02. The molecule has 34 heavy (non-hydrogen) atoms. The zero-order valence-electron chi connectivity index (χ0n) is 18.8. The van der Waals surface area contributed by atoms with Crippen LogP contribution in [-0.4, -0.2) is 17.8 Å². The molecule has 5 rings (SSSR count). The molecule has 0 unspecified atom stereocenters. The molecular formula is C29H25NO4. The van der Waals surface area contributed by atoms with Crippen LogP contribution in [0.5, 0.6) is 5.75 Å². The van der Waals surface area contributed by atoms with E-state index in [0.717, 1.165) is 11.1 Å². The summed E-state index contributed by atoms with van der Waals surface area (Å²) in [6, 6.07) is 25.6. The highest BCUT2D eigenvalue weighted by molar-refractivity contribution is 6.22. The normalized spacial score (nSPS) is 21.6. The molecule has 0 N–H and O–H groups in total. The van der Waals surface area contributed by atoms with E-state index in [1.165, 1.54) is 4.90 Å². The quantitative estimate of drug-likeness (QED) is 0.234. The van der Waals surface area contributed by atoms with Crippen molar-refractivity contribution in [2.24, 2.45) is 17.8 Å². The van der Waals surface area contributed by atoms with Crippen LogP contribution in [-0.2, 0) is 14.4 Å². The van der Waals surface area contributed by atoms with Crippen molar-refractivity contribution in [1.29, 1.82) is 0 Å². The molecule has 1 aliphatic heterocycles. The van der Waals surface area contributed by atoms with E-state index in [0.29, 0.717) is 17.9 Å². The number of esters is 1. The Morgan fingerprint density at radius 2 is 1.53 bits per heavy atom. The van der Waals surface area contributed by atoms with Crippen molar-refractivity contribution in [3.05, 3.63) is 108 Å². The van der Waals surface area contributed by atoms with Crippen LogP contribution in [0, 0.1) is 17.8 Å². The molecule has 5 heteroatoms. The molecule has 0 aromatic heterocycles. The number of amides is 2. The molecule has 5 nitrogen and oxygen atoms in total. The first-order valence-corrected chi connectivity index (χ1v) is 11.5. The smallest absolute Gasteiger partial charge is 0.323 e. The number of fused-ring (bicyclic) bond motifs is 1. The van der Waals surface area contributed by atoms with Crippen LogP contribution in [0.15, 0.2) is 97.1 Å². The predicted molar refractivity (Wildman–Crippen MR) is 129 cm³/mol. The summed E-state index contributed by atoms with van der Waals surface area (Å²) in [5, 5.41) is 0. The monoisotopic (exact) mass is 451 g/mol. The Labute approximate surface area is 198 Å². The van der Waals surface area contributed by atoms with Crippen molar-refractivity contribution in [1.82, 2.24) is 0 Å². The fraction of sp³-hybridized carbons (Fsp3) is 0.207. The molecule has 0 saturated carbocycles. The molecule has 1 heterocycles. The van der Waals surface area contributed by atoms with E-state index in [4.69, 9.17) is 4.74 Å². The van der Waals surface area contributed by atoms with Gasteiger partial charge in [0, 0.05) is 6.07 Å². The molecule has 0 spiro atoms. The molecule has 3 aromatic carbocycles. The summed E-state index contributed by atoms with van der Waals surface area (Å²) in [5.74, 6) is -1.79. The minimum absolute atomic E-state index is 0.0127. The number of nitrogens with zero attached hydrogens (tertiary/aromatic N) is 1. The van der Waals surface area contributed by atoms with E-state index in [9.17, 15) is 14.4 Å². The average Bonchev–Trinajstić information content (AvgIpc) is 3.11. The van der Waals surface area contributed by atoms with Gasteiger partial charge in [-0.1, -0.05) is 85.8 Å². The second-order valence-corrected chi connectivity index (χ2v) is 8.84. The minimum atomic E-state index is -0.601. The Kier molecular flexibility index (Phi) is 5.84. The van der Waals surface area contributed by atoms with Crippen molar-refractivity contribution in [2.75, 3.05) is 4.90 Å². The number of anilines is 1. The lowest BCUT2D eigenvalue weighted by Crippen LogP contribution is -2.31. The summed E-state index contributed by atoms with van der Waals surface area (Å²) in [4.78, 5) is 40.8. The highest BCUT2D eigenvalue weighted by atomic mass is 16.5. The van der Waals surface area contributed by atoms with Crippen LogP contribution in [0.4, 0.5) is 5.69 Å². The van der Waals surface area contributed by atoms with Gasteiger partial charge in [-0.3, -0.25) is 14.4 Å². The van der Waals surface area contributed by atoms with Crippen LogP contribution in [0.1, 0.15) is 30.4 Å². The summed E-state index contributed by atoms with van der Waals surface area (Å²) < 4.78 is 5.80. The Balaban J connectivity index is 1.42. The van der Waals surface area contributed by atoms with Gasteiger partial charge in [0.25, 0.3) is 0 Å². The van der Waals surface area contributed by atoms with Crippen LogP contribution in [0.25, 0.3) is 0 Å². The fourth-order valence-corrected chi connectivity index (χ4v) is 5.02. The number of rotatable bonds is 5. The Bertz CT molecular complexity index is 1210. The first-order chi connectivity index (χ1) is 16.5. The second-order valence-electron chi connectivity index (χ2n) is 8.84. The summed E-state index contributed by atoms with van der Waals surface area (Å²) in [6.45, 7) is 1.97. The molecule has 2 aliphatic rings. The Morgan fingerprint density at radius 3 is 2.15 bits per heavy atom. The van der Waals surface area contributed by atoms with Gasteiger partial charge in [-0.2, -0.15) is 0 Å². The number of ether oxygens (including phenoxy) is 1. The summed E-state index contributed by atoms with van der Waals surface area (Å²) in [5.41, 5.74) is 2.08. The van der Waals surface area contributed by atoms with Gasteiger partial charge in [0.2, 0.25) is 11.8 Å². The van der Waals surface area contributed by atoms with Crippen LogP contribution in [0.2, 0.25) is 0 Å². The van der Waals surface area contributed by atoms with Gasteiger partial charge >= 0.3 is 5.97 Å². The Morgan fingerprint density at radius 1 is 0.882 bits per heavy atom. The number of benzene rings is 3. The number of carbonyl (C=O) groups excluding carboxylic acids is 3. The lowest BCUT2D eigenvalue weighted by atomic mass is 9.78. The molecule has 0 radical (unpaired) electrons. The molecule has 170 valence electrons. The molecule has 1 fully saturated rings. The van der Waals surface area contributed by atoms with Crippen molar-refractivity contribution in [3.8, 4) is 5.75 Å². The van der Waals surface area contributed by atoms with E-state index in [-0.39, 0.29) is 29.6 Å². The lowest BCUT2D eigenvalue weighted by Gasteiger charge is -2.22. The summed E-state index contributed by atoms with van der Waals surface area (Å²) in [6.07, 6.45) is 4.55. The van der Waals surface area contributed by atoms with Gasteiger partial charge in [-0.15, -0.1) is 0 Å². The molecule has 1 aliphatic carbocycles. The molecule has 2 amide bonds. The zero-order valence-corrected chi connectivity index (χ0v) is 18.8. The van der Waals surface area contributed by atoms with E-state index >= 15 is 0 Å². The maximum atomic E-state index is 13.3. The molecule has 0 bridgehead atoms. The maximum absolute atomic E-state index is 13.3. The second kappa shape index (κ2) is 9.10. The number of allylic oxidation sites excluding steroid dienone is 2. The predicted octanol–water partition coefficient (Wildman–Crippen LogP) is 5.13. The number of hydrogen-bond acceptors (Lipinski definition) is 4. The van der Waals surface area contributed by atoms with Crippen molar-refractivity contribution < 1.29 is 19.1 Å².